The Kier molecular flexibility index (Phi) is 5.90. The van der Waals surface area contributed by atoms with Crippen LogP contribution in [0.2, 0.25) is 0 Å². The van der Waals surface area contributed by atoms with Gasteiger partial charge in [-0.2, -0.15) is 10.2 Å². The maximum Gasteiger partial charge on any atom is 0.348 e. The van der Waals surface area contributed by atoms with E-state index in [1.165, 1.54) is 10.6 Å². The second-order valence-corrected chi connectivity index (χ2v) is 5.73. The van der Waals surface area contributed by atoms with E-state index >= 15 is 0 Å². The third kappa shape index (κ3) is 4.25. The van der Waals surface area contributed by atoms with E-state index in [1.54, 1.807) is 62.6 Å². The van der Waals surface area contributed by atoms with E-state index in [2.05, 4.69) is 4.98 Å². The second-order valence-electron chi connectivity index (χ2n) is 5.73. The van der Waals surface area contributed by atoms with Gasteiger partial charge in [0.25, 0.3) is 5.56 Å². The van der Waals surface area contributed by atoms with Gasteiger partial charge in [-0.15, -0.1) is 0 Å². The van der Waals surface area contributed by atoms with Gasteiger partial charge >= 0.3 is 5.97 Å². The van der Waals surface area contributed by atoms with E-state index in [4.69, 9.17) is 14.2 Å². The van der Waals surface area contributed by atoms with E-state index in [-0.39, 0.29) is 23.6 Å². The maximum absolute atomic E-state index is 13.0. The summed E-state index contributed by atoms with van der Waals surface area (Å²) in [6, 6.07) is 13.5. The molecule has 8 heteroatoms. The van der Waals surface area contributed by atoms with Crippen LogP contribution in [-0.2, 0) is 9.53 Å². The van der Waals surface area contributed by atoms with Gasteiger partial charge in [-0.25, -0.2) is 4.79 Å². The van der Waals surface area contributed by atoms with Gasteiger partial charge in [-0.3, -0.25) is 9.20 Å². The number of nitrogens with zero attached hydrogens (tertiary/aromatic N) is 3. The van der Waals surface area contributed by atoms with Crippen molar-refractivity contribution in [2.45, 2.75) is 6.92 Å². The fourth-order valence-electron chi connectivity index (χ4n) is 2.53. The van der Waals surface area contributed by atoms with Crippen molar-refractivity contribution in [2.24, 2.45) is 0 Å². The van der Waals surface area contributed by atoms with Crippen LogP contribution in [0.3, 0.4) is 0 Å². The Morgan fingerprint density at radius 3 is 2.59 bits per heavy atom. The van der Waals surface area contributed by atoms with Crippen molar-refractivity contribution in [1.29, 1.82) is 5.26 Å². The van der Waals surface area contributed by atoms with E-state index < -0.39 is 11.5 Å². The van der Waals surface area contributed by atoms with Gasteiger partial charge in [-0.05, 0) is 49.4 Å². The molecule has 0 unspecified atom stereocenters. The number of hydrogen-bond acceptors (Lipinski definition) is 7. The molecule has 0 saturated heterocycles. The Balaban J connectivity index is 2.16. The van der Waals surface area contributed by atoms with E-state index in [9.17, 15) is 14.9 Å². The zero-order chi connectivity index (χ0) is 20.8. The minimum absolute atomic E-state index is 0.0385. The average Bonchev–Trinajstić information content (AvgIpc) is 2.74. The molecule has 29 heavy (non-hydrogen) atoms. The van der Waals surface area contributed by atoms with Crippen LogP contribution >= 0.6 is 0 Å². The van der Waals surface area contributed by atoms with Crippen LogP contribution in [0.25, 0.3) is 11.7 Å². The summed E-state index contributed by atoms with van der Waals surface area (Å²) in [6.07, 6.45) is 2.67. The Morgan fingerprint density at radius 2 is 1.93 bits per heavy atom. The van der Waals surface area contributed by atoms with Crippen molar-refractivity contribution in [3.05, 3.63) is 70.2 Å². The summed E-state index contributed by atoms with van der Waals surface area (Å²) in [5, 5.41) is 9.32. The molecule has 1 aromatic carbocycles. The highest BCUT2D eigenvalue weighted by Crippen LogP contribution is 2.25. The number of pyridine rings is 1. The monoisotopic (exact) mass is 391 g/mol. The number of methoxy groups -OCH3 is 1. The summed E-state index contributed by atoms with van der Waals surface area (Å²) >= 11 is 0. The molecule has 0 bridgehead atoms. The molecule has 146 valence electrons. The minimum atomic E-state index is -0.831. The van der Waals surface area contributed by atoms with Crippen LogP contribution in [0.4, 0.5) is 0 Å². The number of esters is 1. The van der Waals surface area contributed by atoms with Crippen LogP contribution in [-0.4, -0.2) is 29.1 Å². The SMILES string of the molecule is CCOC(=O)C(C#N)=Cc1c(Oc2ccc(OC)cc2)nc2ccccn2c1=O. The molecule has 2 aromatic heterocycles. The molecule has 0 aliphatic rings. The summed E-state index contributed by atoms with van der Waals surface area (Å²) in [6.45, 7) is 1.72. The number of fused-ring (bicyclic) bond motifs is 1. The molecule has 0 atom stereocenters. The Morgan fingerprint density at radius 1 is 1.21 bits per heavy atom. The Labute approximate surface area is 166 Å². The number of ether oxygens (including phenoxy) is 3. The number of hydrogen-bond donors (Lipinski definition) is 0. The first kappa shape index (κ1) is 19.6. The highest BCUT2D eigenvalue weighted by Gasteiger charge is 2.17. The van der Waals surface area contributed by atoms with Crippen molar-refractivity contribution < 1.29 is 19.0 Å². The molecule has 0 saturated carbocycles. The Bertz CT molecular complexity index is 1170. The standard InChI is InChI=1S/C21H17N3O5/c1-3-28-21(26)14(13-22)12-17-19(29-16-9-7-15(27-2)8-10-16)23-18-6-4-5-11-24(18)20(17)25/h4-12H,3H2,1-2H3. The fourth-order valence-corrected chi connectivity index (χ4v) is 2.53. The van der Waals surface area contributed by atoms with Gasteiger partial charge < -0.3 is 14.2 Å². The highest BCUT2D eigenvalue weighted by molar-refractivity contribution is 5.98. The highest BCUT2D eigenvalue weighted by atomic mass is 16.5. The van der Waals surface area contributed by atoms with Crippen LogP contribution < -0.4 is 15.0 Å². The van der Waals surface area contributed by atoms with Crippen molar-refractivity contribution in [3.63, 3.8) is 0 Å². The van der Waals surface area contributed by atoms with Crippen LogP contribution in [0.5, 0.6) is 17.4 Å². The lowest BCUT2D eigenvalue weighted by atomic mass is 10.2. The number of nitriles is 1. The van der Waals surface area contributed by atoms with Gasteiger partial charge in [-0.1, -0.05) is 6.07 Å². The summed E-state index contributed by atoms with van der Waals surface area (Å²) < 4.78 is 17.1. The van der Waals surface area contributed by atoms with Gasteiger partial charge in [0.15, 0.2) is 0 Å². The van der Waals surface area contributed by atoms with E-state index in [0.29, 0.717) is 17.1 Å². The van der Waals surface area contributed by atoms with Crippen LogP contribution in [0.1, 0.15) is 12.5 Å². The first-order valence-electron chi connectivity index (χ1n) is 8.69. The lowest BCUT2D eigenvalue weighted by molar-refractivity contribution is -0.137. The summed E-state index contributed by atoms with van der Waals surface area (Å²) in [4.78, 5) is 29.4. The first-order valence-corrected chi connectivity index (χ1v) is 8.69. The predicted octanol–water partition coefficient (Wildman–Crippen LogP) is 2.97. The summed E-state index contributed by atoms with van der Waals surface area (Å²) in [5.41, 5.74) is -0.515. The van der Waals surface area contributed by atoms with Gasteiger partial charge in [0, 0.05) is 6.20 Å². The summed E-state index contributed by atoms with van der Waals surface area (Å²) in [5.74, 6) is 0.173. The largest absolute Gasteiger partial charge is 0.497 e. The molecule has 0 spiro atoms. The molecule has 0 N–H and O–H groups in total. The van der Waals surface area contributed by atoms with Crippen molar-refractivity contribution >= 4 is 17.7 Å². The number of aromatic nitrogens is 2. The van der Waals surface area contributed by atoms with E-state index in [1.807, 2.05) is 0 Å². The molecular formula is C21H17N3O5. The third-order valence-electron chi connectivity index (χ3n) is 3.91. The van der Waals surface area contributed by atoms with Gasteiger partial charge in [0.2, 0.25) is 5.88 Å². The Hall–Kier alpha value is -4.12. The molecule has 3 rings (SSSR count). The molecule has 2 heterocycles. The number of carbonyl (C=O) groups excluding carboxylic acids is 1. The smallest absolute Gasteiger partial charge is 0.348 e. The topological polar surface area (TPSA) is 103 Å². The number of carbonyl (C=O) groups is 1. The molecule has 0 aliphatic carbocycles. The van der Waals surface area contributed by atoms with Crippen molar-refractivity contribution in [2.75, 3.05) is 13.7 Å². The lowest BCUT2D eigenvalue weighted by Crippen LogP contribution is -2.19. The molecule has 0 fully saturated rings. The molecule has 8 nitrogen and oxygen atoms in total. The van der Waals surface area contributed by atoms with Crippen LogP contribution in [0, 0.1) is 11.3 Å². The van der Waals surface area contributed by atoms with Crippen molar-refractivity contribution in [1.82, 2.24) is 9.38 Å². The zero-order valence-corrected chi connectivity index (χ0v) is 15.8. The predicted molar refractivity (Wildman–Crippen MR) is 105 cm³/mol. The molecule has 0 radical (unpaired) electrons. The van der Waals surface area contributed by atoms with Crippen molar-refractivity contribution in [3.8, 4) is 23.4 Å². The van der Waals surface area contributed by atoms with Crippen LogP contribution in [0.15, 0.2) is 59.0 Å². The van der Waals surface area contributed by atoms with Gasteiger partial charge in [0.1, 0.15) is 34.4 Å². The summed E-state index contributed by atoms with van der Waals surface area (Å²) in [7, 11) is 1.55. The fraction of sp³-hybridized carbons (Fsp3) is 0.143. The molecule has 3 aromatic rings. The molecule has 0 aliphatic heterocycles. The second kappa shape index (κ2) is 8.71. The number of rotatable bonds is 6. The normalized spacial score (nSPS) is 11.0. The van der Waals surface area contributed by atoms with Gasteiger partial charge in [0.05, 0.1) is 13.7 Å². The van der Waals surface area contributed by atoms with E-state index in [0.717, 1.165) is 6.08 Å². The third-order valence-corrected chi connectivity index (χ3v) is 3.91. The maximum atomic E-state index is 13.0. The molecular weight excluding hydrogens is 374 g/mol. The zero-order valence-electron chi connectivity index (χ0n) is 15.8. The average molecular weight is 391 g/mol. The minimum Gasteiger partial charge on any atom is -0.497 e. The first-order chi connectivity index (χ1) is 14.1. The lowest BCUT2D eigenvalue weighted by Gasteiger charge is -2.10. The number of benzene rings is 1. The molecule has 0 amide bonds. The quantitative estimate of drug-likeness (QED) is 0.361.